The molecule has 0 aliphatic carbocycles. The van der Waals surface area contributed by atoms with Crippen LogP contribution < -0.4 is 10.6 Å². The van der Waals surface area contributed by atoms with E-state index in [2.05, 4.69) is 55.7 Å². The Morgan fingerprint density at radius 2 is 2.09 bits per heavy atom. The minimum Gasteiger partial charge on any atom is -0.356 e. The van der Waals surface area contributed by atoms with Crippen LogP contribution in [-0.4, -0.2) is 29.3 Å². The van der Waals surface area contributed by atoms with Gasteiger partial charge in [0, 0.05) is 43.3 Å². The number of guanidine groups is 1. The van der Waals surface area contributed by atoms with Crippen molar-refractivity contribution in [2.75, 3.05) is 13.6 Å². The van der Waals surface area contributed by atoms with Crippen LogP contribution >= 0.6 is 51.2 Å². The van der Waals surface area contributed by atoms with E-state index in [9.17, 15) is 0 Å². The molecule has 0 aliphatic heterocycles. The molecule has 0 atom stereocenters. The number of thiophene rings is 1. The van der Waals surface area contributed by atoms with E-state index in [1.807, 2.05) is 18.7 Å². The first kappa shape index (κ1) is 20.4. The predicted molar refractivity (Wildman–Crippen MR) is 112 cm³/mol. The molecule has 0 aliphatic rings. The van der Waals surface area contributed by atoms with Crippen LogP contribution in [0, 0.1) is 13.8 Å². The number of halogens is 2. The van der Waals surface area contributed by atoms with E-state index in [-0.39, 0.29) is 24.0 Å². The van der Waals surface area contributed by atoms with Crippen molar-refractivity contribution in [1.29, 1.82) is 0 Å². The Bertz CT molecular complexity index is 665. The highest BCUT2D eigenvalue weighted by Crippen LogP contribution is 2.22. The molecule has 0 aromatic carbocycles. The molecule has 2 heterocycles. The number of hydrogen-bond donors (Lipinski definition) is 2. The second-order valence-electron chi connectivity index (χ2n) is 5.08. The van der Waals surface area contributed by atoms with Crippen molar-refractivity contribution >= 4 is 57.2 Å². The number of nitrogens with one attached hydrogen (secondary N) is 2. The summed E-state index contributed by atoms with van der Waals surface area (Å²) in [6.07, 6.45) is 0.988. The quantitative estimate of drug-likeness (QED) is 0.367. The van der Waals surface area contributed by atoms with Gasteiger partial charge in [0.05, 0.1) is 9.48 Å². The Hall–Kier alpha value is -0.610. The summed E-state index contributed by atoms with van der Waals surface area (Å²) in [5, 5.41) is 11.1. The van der Waals surface area contributed by atoms with Gasteiger partial charge in [-0.05, 0) is 48.3 Å². The summed E-state index contributed by atoms with van der Waals surface area (Å²) in [6, 6.07) is 4.23. The molecule has 5 nitrogen and oxygen atoms in total. The van der Waals surface area contributed by atoms with E-state index < -0.39 is 0 Å². The van der Waals surface area contributed by atoms with Crippen molar-refractivity contribution < 1.29 is 0 Å². The van der Waals surface area contributed by atoms with Crippen LogP contribution in [-0.2, 0) is 20.0 Å². The summed E-state index contributed by atoms with van der Waals surface area (Å²) in [7, 11) is 3.76. The van der Waals surface area contributed by atoms with Gasteiger partial charge in [-0.15, -0.1) is 35.3 Å². The van der Waals surface area contributed by atoms with Gasteiger partial charge in [0.2, 0.25) is 0 Å². The van der Waals surface area contributed by atoms with Crippen LogP contribution in [0.2, 0.25) is 0 Å². The molecular formula is C15H23BrIN5S. The molecule has 0 spiro atoms. The van der Waals surface area contributed by atoms with Gasteiger partial charge in [0.15, 0.2) is 5.96 Å². The van der Waals surface area contributed by atoms with Crippen molar-refractivity contribution in [3.8, 4) is 0 Å². The minimum atomic E-state index is 0. The highest BCUT2D eigenvalue weighted by molar-refractivity contribution is 14.0. The normalized spacial score (nSPS) is 11.3. The van der Waals surface area contributed by atoms with Gasteiger partial charge in [0.1, 0.15) is 0 Å². The van der Waals surface area contributed by atoms with Gasteiger partial charge in [-0.25, -0.2) is 0 Å². The number of aromatic nitrogens is 2. The van der Waals surface area contributed by atoms with E-state index in [0.717, 1.165) is 31.2 Å². The zero-order chi connectivity index (χ0) is 16.1. The van der Waals surface area contributed by atoms with E-state index in [4.69, 9.17) is 0 Å². The summed E-state index contributed by atoms with van der Waals surface area (Å²) in [5.41, 5.74) is 3.47. The molecule has 2 aromatic rings. The molecule has 128 valence electrons. The molecule has 0 fully saturated rings. The molecule has 8 heteroatoms. The first-order valence-electron chi connectivity index (χ1n) is 7.19. The van der Waals surface area contributed by atoms with Gasteiger partial charge < -0.3 is 10.6 Å². The summed E-state index contributed by atoms with van der Waals surface area (Å²) in [4.78, 5) is 5.62. The zero-order valence-corrected chi connectivity index (χ0v) is 18.5. The lowest BCUT2D eigenvalue weighted by molar-refractivity contribution is 0.728. The number of nitrogens with zero attached hydrogens (tertiary/aromatic N) is 3. The smallest absolute Gasteiger partial charge is 0.191 e. The fourth-order valence-electron chi connectivity index (χ4n) is 2.26. The number of aryl methyl sites for hydroxylation is 2. The van der Waals surface area contributed by atoms with Crippen molar-refractivity contribution in [2.45, 2.75) is 26.8 Å². The maximum absolute atomic E-state index is 4.43. The van der Waals surface area contributed by atoms with E-state index in [0.29, 0.717) is 0 Å². The first-order chi connectivity index (χ1) is 10.5. The van der Waals surface area contributed by atoms with Crippen LogP contribution in [0.15, 0.2) is 20.9 Å². The molecule has 0 amide bonds. The number of hydrogen-bond acceptors (Lipinski definition) is 3. The van der Waals surface area contributed by atoms with Gasteiger partial charge in [-0.1, -0.05) is 0 Å². The maximum atomic E-state index is 4.43. The van der Waals surface area contributed by atoms with Crippen LogP contribution in [0.25, 0.3) is 0 Å². The fourth-order valence-corrected chi connectivity index (χ4v) is 3.74. The summed E-state index contributed by atoms with van der Waals surface area (Å²) in [5.74, 6) is 0.818. The molecule has 0 unspecified atom stereocenters. The van der Waals surface area contributed by atoms with Crippen LogP contribution in [0.1, 0.15) is 21.8 Å². The lowest BCUT2D eigenvalue weighted by atomic mass is 10.2. The largest absolute Gasteiger partial charge is 0.356 e. The molecular weight excluding hydrogens is 489 g/mol. The lowest BCUT2D eigenvalue weighted by Gasteiger charge is -2.11. The standard InChI is InChI=1S/C15H22BrN5S.HI/c1-10-13(11(2)21(4)20-10)9-19-15(17-3)18-8-7-12-5-6-14(16)22-12;/h5-6H,7-9H2,1-4H3,(H2,17,18,19);1H. The molecule has 2 N–H and O–H groups in total. The summed E-state index contributed by atoms with van der Waals surface area (Å²) < 4.78 is 3.09. The van der Waals surface area contributed by atoms with Crippen molar-refractivity contribution in [2.24, 2.45) is 12.0 Å². The van der Waals surface area contributed by atoms with E-state index >= 15 is 0 Å². The molecule has 0 bridgehead atoms. The van der Waals surface area contributed by atoms with E-state index in [1.54, 1.807) is 18.4 Å². The Morgan fingerprint density at radius 1 is 1.35 bits per heavy atom. The molecule has 0 saturated carbocycles. The van der Waals surface area contributed by atoms with Crippen LogP contribution in [0.3, 0.4) is 0 Å². The first-order valence-corrected chi connectivity index (χ1v) is 8.80. The van der Waals surface area contributed by atoms with Crippen LogP contribution in [0.5, 0.6) is 0 Å². The second kappa shape index (κ2) is 9.63. The Labute approximate surface area is 167 Å². The SMILES string of the molecule is CN=C(NCCc1ccc(Br)s1)NCc1c(C)nn(C)c1C.I. The molecule has 0 radical (unpaired) electrons. The van der Waals surface area contributed by atoms with Gasteiger partial charge >= 0.3 is 0 Å². The zero-order valence-electron chi connectivity index (χ0n) is 13.8. The monoisotopic (exact) mass is 511 g/mol. The summed E-state index contributed by atoms with van der Waals surface area (Å²) in [6.45, 7) is 5.71. The van der Waals surface area contributed by atoms with E-state index in [1.165, 1.54) is 19.9 Å². The minimum absolute atomic E-state index is 0. The van der Waals surface area contributed by atoms with Crippen molar-refractivity contribution in [1.82, 2.24) is 20.4 Å². The van der Waals surface area contributed by atoms with Crippen molar-refractivity contribution in [3.05, 3.63) is 37.7 Å². The lowest BCUT2D eigenvalue weighted by Crippen LogP contribution is -2.38. The molecule has 0 saturated heterocycles. The summed E-state index contributed by atoms with van der Waals surface area (Å²) >= 11 is 5.26. The number of rotatable bonds is 5. The average Bonchev–Trinajstić information content (AvgIpc) is 2.99. The Morgan fingerprint density at radius 3 is 2.61 bits per heavy atom. The van der Waals surface area contributed by atoms with Gasteiger partial charge in [-0.3, -0.25) is 9.67 Å². The van der Waals surface area contributed by atoms with Gasteiger partial charge in [-0.2, -0.15) is 5.10 Å². The third-order valence-corrected chi connectivity index (χ3v) is 5.29. The predicted octanol–water partition coefficient (Wildman–Crippen LogP) is 3.39. The average molecular weight is 512 g/mol. The highest BCUT2D eigenvalue weighted by Gasteiger charge is 2.09. The molecule has 23 heavy (non-hydrogen) atoms. The Kier molecular flexibility index (Phi) is 8.56. The molecule has 2 rings (SSSR count). The van der Waals surface area contributed by atoms with Crippen molar-refractivity contribution in [3.63, 3.8) is 0 Å². The number of aliphatic imine (C=N–C) groups is 1. The highest BCUT2D eigenvalue weighted by atomic mass is 127. The maximum Gasteiger partial charge on any atom is 0.191 e. The Balaban J connectivity index is 0.00000264. The third-order valence-electron chi connectivity index (χ3n) is 3.61. The van der Waals surface area contributed by atoms with Crippen LogP contribution in [0.4, 0.5) is 0 Å². The topological polar surface area (TPSA) is 54.2 Å². The third kappa shape index (κ3) is 5.75. The second-order valence-corrected chi connectivity index (χ2v) is 7.63. The molecule has 2 aromatic heterocycles. The fraction of sp³-hybridized carbons (Fsp3) is 0.467. The van der Waals surface area contributed by atoms with Gasteiger partial charge in [0.25, 0.3) is 0 Å².